The van der Waals surface area contributed by atoms with Crippen molar-refractivity contribution in [2.24, 2.45) is 0 Å². The van der Waals surface area contributed by atoms with E-state index in [1.165, 1.54) is 56.7 Å². The van der Waals surface area contributed by atoms with E-state index in [0.29, 0.717) is 0 Å². The Morgan fingerprint density at radius 3 is 2.26 bits per heavy atom. The maximum absolute atomic E-state index is 12.2. The molecule has 0 fully saturated rings. The van der Waals surface area contributed by atoms with Crippen LogP contribution in [0.1, 0.15) is 87.9 Å². The molecule has 0 heterocycles. The van der Waals surface area contributed by atoms with E-state index < -0.39 is 0 Å². The maximum atomic E-state index is 12.2. The minimum Gasteiger partial charge on any atom is -0.370 e. The first-order valence-electron chi connectivity index (χ1n) is 10.5. The molecular formula is C23H35NO2S. The SMILES string of the molecule is CCCC(CCCCCCCCCCSC#N)OCC(=O)c1ccccc1. The summed E-state index contributed by atoms with van der Waals surface area (Å²) in [6.45, 7) is 2.36. The topological polar surface area (TPSA) is 50.1 Å². The zero-order chi connectivity index (χ0) is 19.6. The molecule has 3 nitrogen and oxygen atoms in total. The van der Waals surface area contributed by atoms with Gasteiger partial charge in [0, 0.05) is 11.3 Å². The number of unbranched alkanes of at least 4 members (excludes halogenated alkanes) is 7. The first-order chi connectivity index (χ1) is 13.3. The van der Waals surface area contributed by atoms with Crippen molar-refractivity contribution in [3.8, 4) is 5.40 Å². The average Bonchev–Trinajstić information content (AvgIpc) is 2.70. The van der Waals surface area contributed by atoms with Crippen LogP contribution in [0.4, 0.5) is 0 Å². The summed E-state index contributed by atoms with van der Waals surface area (Å²) in [5.74, 6) is 1.05. The highest BCUT2D eigenvalue weighted by atomic mass is 32.2. The Balaban J connectivity index is 2.06. The highest BCUT2D eigenvalue weighted by Gasteiger charge is 2.12. The van der Waals surface area contributed by atoms with E-state index in [-0.39, 0.29) is 18.5 Å². The molecule has 1 unspecified atom stereocenters. The van der Waals surface area contributed by atoms with Gasteiger partial charge in [0.05, 0.1) is 6.10 Å². The molecule has 0 aliphatic carbocycles. The fraction of sp³-hybridized carbons (Fsp3) is 0.652. The predicted octanol–water partition coefficient (Wildman–Crippen LogP) is 6.78. The Hall–Kier alpha value is -1.31. The molecule has 0 spiro atoms. The molecular weight excluding hydrogens is 354 g/mol. The van der Waals surface area contributed by atoms with Crippen LogP contribution in [0.15, 0.2) is 30.3 Å². The number of thiocyanates is 1. The number of Topliss-reactive ketones (excluding diaryl/α,β-unsaturated/α-hetero) is 1. The Labute approximate surface area is 169 Å². The normalized spacial score (nSPS) is 11.9. The molecule has 0 bridgehead atoms. The third-order valence-corrected chi connectivity index (χ3v) is 5.37. The van der Waals surface area contributed by atoms with Gasteiger partial charge in [0.25, 0.3) is 0 Å². The van der Waals surface area contributed by atoms with Gasteiger partial charge in [-0.15, -0.1) is 0 Å². The molecule has 0 saturated carbocycles. The van der Waals surface area contributed by atoms with Crippen molar-refractivity contribution in [1.82, 2.24) is 0 Å². The van der Waals surface area contributed by atoms with E-state index in [1.807, 2.05) is 30.3 Å². The van der Waals surface area contributed by atoms with Crippen LogP contribution in [0.3, 0.4) is 0 Å². The number of thioether (sulfide) groups is 1. The zero-order valence-corrected chi connectivity index (χ0v) is 17.6. The number of rotatable bonds is 17. The lowest BCUT2D eigenvalue weighted by Crippen LogP contribution is -2.18. The zero-order valence-electron chi connectivity index (χ0n) is 16.8. The largest absolute Gasteiger partial charge is 0.370 e. The van der Waals surface area contributed by atoms with Gasteiger partial charge in [-0.3, -0.25) is 4.79 Å². The number of hydrogen-bond donors (Lipinski definition) is 0. The summed E-state index contributed by atoms with van der Waals surface area (Å²) in [5, 5.41) is 10.6. The van der Waals surface area contributed by atoms with Gasteiger partial charge in [-0.05, 0) is 31.0 Å². The number of benzene rings is 1. The van der Waals surface area contributed by atoms with Gasteiger partial charge in [-0.2, -0.15) is 5.26 Å². The minimum absolute atomic E-state index is 0.0740. The van der Waals surface area contributed by atoms with Gasteiger partial charge in [0.1, 0.15) is 12.0 Å². The Morgan fingerprint density at radius 2 is 1.63 bits per heavy atom. The molecule has 0 N–H and O–H groups in total. The number of ketones is 1. The molecule has 0 aliphatic heterocycles. The lowest BCUT2D eigenvalue weighted by molar-refractivity contribution is 0.0363. The molecule has 1 atom stereocenters. The number of nitrogens with zero attached hydrogens (tertiary/aromatic N) is 1. The number of carbonyl (C=O) groups excluding carboxylic acids is 1. The van der Waals surface area contributed by atoms with Crippen LogP contribution in [-0.4, -0.2) is 24.2 Å². The standard InChI is InChI=1S/C23H35NO2S/c1-2-14-22(26-19-23(25)21-15-10-9-11-16-21)17-12-7-5-3-4-6-8-13-18-27-20-24/h9-11,15-16,22H,2-8,12-14,17-19H2,1H3. The Bertz CT molecular complexity index is 527. The van der Waals surface area contributed by atoms with Crippen LogP contribution < -0.4 is 0 Å². The minimum atomic E-state index is 0.0740. The van der Waals surface area contributed by atoms with Crippen LogP contribution in [0, 0.1) is 10.7 Å². The van der Waals surface area contributed by atoms with Gasteiger partial charge >= 0.3 is 0 Å². The fourth-order valence-corrected chi connectivity index (χ4v) is 3.63. The number of nitriles is 1. The summed E-state index contributed by atoms with van der Waals surface area (Å²) in [5.41, 5.74) is 0.735. The van der Waals surface area contributed by atoms with Gasteiger partial charge in [-0.25, -0.2) is 0 Å². The van der Waals surface area contributed by atoms with Crippen molar-refractivity contribution in [3.63, 3.8) is 0 Å². The monoisotopic (exact) mass is 389 g/mol. The first-order valence-corrected chi connectivity index (χ1v) is 11.5. The average molecular weight is 390 g/mol. The molecule has 150 valence electrons. The maximum Gasteiger partial charge on any atom is 0.188 e. The second kappa shape index (κ2) is 16.8. The molecule has 0 amide bonds. The van der Waals surface area contributed by atoms with Crippen molar-refractivity contribution >= 4 is 17.5 Å². The molecule has 0 radical (unpaired) electrons. The van der Waals surface area contributed by atoms with E-state index in [4.69, 9.17) is 10.00 Å². The quantitative estimate of drug-likeness (QED) is 0.167. The first kappa shape index (κ1) is 23.7. The van der Waals surface area contributed by atoms with Crippen molar-refractivity contribution in [1.29, 1.82) is 5.26 Å². The molecule has 27 heavy (non-hydrogen) atoms. The molecule has 1 aromatic rings. The Morgan fingerprint density at radius 1 is 1.00 bits per heavy atom. The van der Waals surface area contributed by atoms with Crippen LogP contribution in [0.2, 0.25) is 0 Å². The van der Waals surface area contributed by atoms with E-state index in [9.17, 15) is 4.79 Å². The van der Waals surface area contributed by atoms with Crippen LogP contribution >= 0.6 is 11.8 Å². The second-order valence-corrected chi connectivity index (χ2v) is 7.95. The van der Waals surface area contributed by atoms with Crippen LogP contribution in [-0.2, 0) is 4.74 Å². The van der Waals surface area contributed by atoms with Gasteiger partial charge in [0.15, 0.2) is 5.78 Å². The van der Waals surface area contributed by atoms with Gasteiger partial charge in [0.2, 0.25) is 0 Å². The van der Waals surface area contributed by atoms with Crippen molar-refractivity contribution in [2.75, 3.05) is 12.4 Å². The molecule has 0 aromatic heterocycles. The van der Waals surface area contributed by atoms with Gasteiger partial charge in [-0.1, -0.05) is 88.6 Å². The molecule has 1 rings (SSSR count). The number of ether oxygens (including phenoxy) is 1. The summed E-state index contributed by atoms with van der Waals surface area (Å²) in [6.07, 6.45) is 13.4. The summed E-state index contributed by atoms with van der Waals surface area (Å²) in [6, 6.07) is 9.40. The fourth-order valence-electron chi connectivity index (χ4n) is 3.19. The predicted molar refractivity (Wildman–Crippen MR) is 115 cm³/mol. The third kappa shape index (κ3) is 12.7. The molecule has 1 aromatic carbocycles. The van der Waals surface area contributed by atoms with E-state index in [1.54, 1.807) is 0 Å². The molecule has 4 heteroatoms. The van der Waals surface area contributed by atoms with E-state index in [2.05, 4.69) is 12.3 Å². The lowest BCUT2D eigenvalue weighted by Gasteiger charge is -2.17. The number of carbonyl (C=O) groups is 1. The smallest absolute Gasteiger partial charge is 0.188 e. The Kier molecular flexibility index (Phi) is 14.8. The highest BCUT2D eigenvalue weighted by Crippen LogP contribution is 2.15. The highest BCUT2D eigenvalue weighted by molar-refractivity contribution is 8.03. The summed E-state index contributed by atoms with van der Waals surface area (Å²) < 4.78 is 5.92. The lowest BCUT2D eigenvalue weighted by atomic mass is 10.0. The van der Waals surface area contributed by atoms with E-state index in [0.717, 1.165) is 37.0 Å². The van der Waals surface area contributed by atoms with Gasteiger partial charge < -0.3 is 4.74 Å². The summed E-state index contributed by atoms with van der Waals surface area (Å²) in [4.78, 5) is 12.2. The third-order valence-electron chi connectivity index (χ3n) is 4.74. The molecule has 0 saturated heterocycles. The van der Waals surface area contributed by atoms with Crippen LogP contribution in [0.25, 0.3) is 0 Å². The summed E-state index contributed by atoms with van der Waals surface area (Å²) >= 11 is 1.37. The summed E-state index contributed by atoms with van der Waals surface area (Å²) in [7, 11) is 0. The molecule has 0 aliphatic rings. The van der Waals surface area contributed by atoms with Crippen LogP contribution in [0.5, 0.6) is 0 Å². The van der Waals surface area contributed by atoms with Crippen molar-refractivity contribution in [2.45, 2.75) is 83.7 Å². The second-order valence-electron chi connectivity index (χ2n) is 7.07. The van der Waals surface area contributed by atoms with Crippen molar-refractivity contribution < 1.29 is 9.53 Å². The van der Waals surface area contributed by atoms with E-state index >= 15 is 0 Å². The number of hydrogen-bond acceptors (Lipinski definition) is 4. The van der Waals surface area contributed by atoms with Crippen molar-refractivity contribution in [3.05, 3.63) is 35.9 Å².